The molecule has 40 heavy (non-hydrogen) atoms. The molecular formula is C33H27FN2O3Se. The number of hydrogen-bond acceptors (Lipinski definition) is 3. The predicted octanol–water partition coefficient (Wildman–Crippen LogP) is 5.40. The Bertz CT molecular complexity index is 1600. The molecule has 1 aliphatic carbocycles. The second kappa shape index (κ2) is 9.61. The van der Waals surface area contributed by atoms with E-state index in [1.54, 1.807) is 21.9 Å². The van der Waals surface area contributed by atoms with E-state index < -0.39 is 16.6 Å². The molecule has 7 heteroatoms. The number of likely N-dealkylation sites (tertiary alicyclic amines) is 1. The SMILES string of the molecule is CC(=O)N1c2ccc(F)cc2C2([Se]c3ccccc3)CCN(C(=O)OCC3c4ccccc4-c4ccccc43)C12. The molecule has 0 N–H and O–H groups in total. The summed E-state index contributed by atoms with van der Waals surface area (Å²) in [5, 5.41) is 0. The third-order valence-electron chi connectivity index (χ3n) is 8.31. The molecule has 2 amide bonds. The summed E-state index contributed by atoms with van der Waals surface area (Å²) in [6, 6.07) is 31.2. The molecule has 0 spiro atoms. The predicted molar refractivity (Wildman–Crippen MR) is 153 cm³/mol. The van der Waals surface area contributed by atoms with E-state index in [1.165, 1.54) is 24.1 Å². The van der Waals surface area contributed by atoms with Gasteiger partial charge in [-0.2, -0.15) is 0 Å². The summed E-state index contributed by atoms with van der Waals surface area (Å²) in [6.45, 7) is 2.14. The molecule has 1 fully saturated rings. The van der Waals surface area contributed by atoms with Crippen LogP contribution < -0.4 is 9.36 Å². The monoisotopic (exact) mass is 598 g/mol. The maximum atomic E-state index is 14.6. The Kier molecular flexibility index (Phi) is 6.02. The molecule has 4 aromatic rings. The zero-order valence-corrected chi connectivity index (χ0v) is 23.6. The van der Waals surface area contributed by atoms with Gasteiger partial charge in [-0.3, -0.25) is 0 Å². The van der Waals surface area contributed by atoms with Crippen LogP contribution in [-0.2, 0) is 13.8 Å². The number of fused-ring (bicyclic) bond motifs is 6. The van der Waals surface area contributed by atoms with Gasteiger partial charge in [-0.25, -0.2) is 0 Å². The Morgan fingerprint density at radius 2 is 1.57 bits per heavy atom. The van der Waals surface area contributed by atoms with Crippen LogP contribution in [0.25, 0.3) is 11.1 Å². The van der Waals surface area contributed by atoms with Crippen LogP contribution in [0.2, 0.25) is 0 Å². The summed E-state index contributed by atoms with van der Waals surface area (Å²) in [5.41, 5.74) is 6.10. The number of benzene rings is 4. The van der Waals surface area contributed by atoms with E-state index in [0.717, 1.165) is 21.2 Å². The van der Waals surface area contributed by atoms with E-state index in [9.17, 15) is 14.0 Å². The Hall–Kier alpha value is -3.93. The Labute approximate surface area is 238 Å². The Morgan fingerprint density at radius 1 is 0.925 bits per heavy atom. The second-order valence-corrected chi connectivity index (χ2v) is 13.4. The van der Waals surface area contributed by atoms with Gasteiger partial charge >= 0.3 is 239 Å². The zero-order valence-electron chi connectivity index (χ0n) is 21.9. The summed E-state index contributed by atoms with van der Waals surface area (Å²) in [7, 11) is 0. The molecule has 4 aromatic carbocycles. The number of amides is 2. The topological polar surface area (TPSA) is 49.9 Å². The molecule has 0 radical (unpaired) electrons. The number of carbonyl (C=O) groups excluding carboxylic acids is 2. The van der Waals surface area contributed by atoms with Crippen molar-refractivity contribution >= 4 is 37.1 Å². The van der Waals surface area contributed by atoms with Gasteiger partial charge in [0.2, 0.25) is 0 Å². The molecule has 1 saturated heterocycles. The van der Waals surface area contributed by atoms with Crippen LogP contribution in [0.4, 0.5) is 14.9 Å². The molecule has 0 saturated carbocycles. The molecule has 3 aliphatic rings. The second-order valence-electron chi connectivity index (χ2n) is 10.5. The summed E-state index contributed by atoms with van der Waals surface area (Å²) < 4.78 is 21.3. The van der Waals surface area contributed by atoms with Gasteiger partial charge in [0.05, 0.1) is 0 Å². The summed E-state index contributed by atoms with van der Waals surface area (Å²) >= 11 is -0.177. The van der Waals surface area contributed by atoms with E-state index >= 15 is 0 Å². The molecule has 2 heterocycles. The molecule has 7 rings (SSSR count). The van der Waals surface area contributed by atoms with E-state index in [2.05, 4.69) is 36.4 Å². The van der Waals surface area contributed by atoms with E-state index in [-0.39, 0.29) is 39.2 Å². The van der Waals surface area contributed by atoms with Gasteiger partial charge in [0.1, 0.15) is 0 Å². The van der Waals surface area contributed by atoms with Crippen molar-refractivity contribution < 1.29 is 18.7 Å². The normalized spacial score (nSPS) is 20.6. The molecule has 0 bridgehead atoms. The molecule has 2 atom stereocenters. The third kappa shape index (κ3) is 3.80. The van der Waals surface area contributed by atoms with Crippen LogP contribution >= 0.6 is 0 Å². The van der Waals surface area contributed by atoms with Gasteiger partial charge in [-0.1, -0.05) is 0 Å². The van der Waals surface area contributed by atoms with Crippen LogP contribution in [-0.4, -0.2) is 51.2 Å². The number of ether oxygens (including phenoxy) is 1. The van der Waals surface area contributed by atoms with Gasteiger partial charge in [0, 0.05) is 0 Å². The van der Waals surface area contributed by atoms with Crippen LogP contribution in [0.5, 0.6) is 0 Å². The van der Waals surface area contributed by atoms with Gasteiger partial charge < -0.3 is 0 Å². The van der Waals surface area contributed by atoms with E-state index in [4.69, 9.17) is 4.74 Å². The quantitative estimate of drug-likeness (QED) is 0.296. The fourth-order valence-electron chi connectivity index (χ4n) is 6.67. The van der Waals surface area contributed by atoms with Gasteiger partial charge in [-0.05, 0) is 0 Å². The first-order valence-corrected chi connectivity index (χ1v) is 15.1. The number of anilines is 1. The third-order valence-corrected chi connectivity index (χ3v) is 11.5. The molecule has 5 nitrogen and oxygen atoms in total. The first-order valence-electron chi connectivity index (χ1n) is 13.4. The minimum atomic E-state index is -0.580. The molecule has 2 aliphatic heterocycles. The zero-order chi connectivity index (χ0) is 27.4. The van der Waals surface area contributed by atoms with E-state index in [0.29, 0.717) is 18.7 Å². The standard InChI is InChI=1S/C33H27FN2O3Se/c1-21(37)36-30-16-15-22(34)19-29(30)33(40-23-9-3-2-4-10-23)17-18-35(31(33)36)32(38)39-20-28-26-13-7-5-11-24(26)25-12-6-8-14-27(25)28/h2-16,19,28,31H,17-18,20H2,1H3. The van der Waals surface area contributed by atoms with Crippen molar-refractivity contribution in [2.24, 2.45) is 0 Å². The Balaban J connectivity index is 1.22. The number of halogens is 1. The first kappa shape index (κ1) is 25.1. The van der Waals surface area contributed by atoms with Crippen molar-refractivity contribution in [1.82, 2.24) is 4.90 Å². The fourth-order valence-corrected chi connectivity index (χ4v) is 9.85. The van der Waals surface area contributed by atoms with Crippen LogP contribution in [0.15, 0.2) is 97.1 Å². The van der Waals surface area contributed by atoms with Crippen molar-refractivity contribution in [3.05, 3.63) is 120 Å². The maximum absolute atomic E-state index is 14.6. The van der Waals surface area contributed by atoms with Crippen LogP contribution in [0.3, 0.4) is 0 Å². The summed E-state index contributed by atoms with van der Waals surface area (Å²) in [6.07, 6.45) is -0.397. The fraction of sp³-hybridized carbons (Fsp3) is 0.212. The van der Waals surface area contributed by atoms with Crippen molar-refractivity contribution in [1.29, 1.82) is 0 Å². The van der Waals surface area contributed by atoms with Gasteiger partial charge in [-0.15, -0.1) is 0 Å². The number of hydrogen-bond donors (Lipinski definition) is 0. The van der Waals surface area contributed by atoms with Crippen molar-refractivity contribution in [2.45, 2.75) is 29.7 Å². The van der Waals surface area contributed by atoms with Gasteiger partial charge in [0.15, 0.2) is 0 Å². The van der Waals surface area contributed by atoms with Crippen LogP contribution in [0.1, 0.15) is 36.0 Å². The average molecular weight is 598 g/mol. The first-order chi connectivity index (χ1) is 19.5. The average Bonchev–Trinajstić information content (AvgIpc) is 3.58. The summed E-state index contributed by atoms with van der Waals surface area (Å²) in [5.74, 6) is -0.580. The van der Waals surface area contributed by atoms with E-state index in [1.807, 2.05) is 42.5 Å². The number of rotatable bonds is 4. The van der Waals surface area contributed by atoms with Crippen LogP contribution in [0, 0.1) is 5.82 Å². The van der Waals surface area contributed by atoms with Crippen molar-refractivity contribution in [2.75, 3.05) is 18.1 Å². The number of carbonyl (C=O) groups is 2. The van der Waals surface area contributed by atoms with Gasteiger partial charge in [0.25, 0.3) is 0 Å². The number of nitrogens with zero attached hydrogens (tertiary/aromatic N) is 2. The minimum absolute atomic E-state index is 0.0592. The molecule has 200 valence electrons. The molecule has 2 unspecified atom stereocenters. The molecule has 0 aromatic heterocycles. The van der Waals surface area contributed by atoms with Crippen molar-refractivity contribution in [3.63, 3.8) is 0 Å². The summed E-state index contributed by atoms with van der Waals surface area (Å²) in [4.78, 5) is 30.3. The Morgan fingerprint density at radius 3 is 2.25 bits per heavy atom. The molecular weight excluding hydrogens is 570 g/mol. The van der Waals surface area contributed by atoms with Crippen molar-refractivity contribution in [3.8, 4) is 11.1 Å².